The lowest BCUT2D eigenvalue weighted by Gasteiger charge is -2.25. The first-order valence-corrected chi connectivity index (χ1v) is 8.47. The van der Waals surface area contributed by atoms with Crippen LogP contribution in [0.3, 0.4) is 0 Å². The molecular weight excluding hydrogens is 382 g/mol. The molecule has 0 saturated carbocycles. The van der Waals surface area contributed by atoms with E-state index in [0.717, 1.165) is 7.11 Å². The number of hydrogen-bond acceptors (Lipinski definition) is 8. The van der Waals surface area contributed by atoms with Gasteiger partial charge in [-0.05, 0) is 17.7 Å². The summed E-state index contributed by atoms with van der Waals surface area (Å²) in [5.74, 6) is -2.88. The molecular formula is C19H19N3O7. The van der Waals surface area contributed by atoms with Crippen molar-refractivity contribution in [3.05, 3.63) is 70.0 Å². The van der Waals surface area contributed by atoms with Crippen molar-refractivity contribution in [1.82, 2.24) is 10.3 Å². The van der Waals surface area contributed by atoms with Gasteiger partial charge in [0.25, 0.3) is 11.6 Å². The Morgan fingerprint density at radius 1 is 1.14 bits per heavy atom. The lowest BCUT2D eigenvalue weighted by molar-refractivity contribution is -0.384. The van der Waals surface area contributed by atoms with Crippen molar-refractivity contribution in [1.29, 1.82) is 0 Å². The zero-order valence-electron chi connectivity index (χ0n) is 15.7. The molecule has 10 nitrogen and oxygen atoms in total. The number of carbonyl (C=O) groups excluding carboxylic acids is 3. The fraction of sp³-hybridized carbons (Fsp3) is 0.263. The number of rotatable bonds is 8. The van der Waals surface area contributed by atoms with Crippen LogP contribution in [0.2, 0.25) is 0 Å². The third-order valence-electron chi connectivity index (χ3n) is 4.21. The van der Waals surface area contributed by atoms with Crippen LogP contribution in [0, 0.1) is 10.1 Å². The molecule has 0 aliphatic rings. The summed E-state index contributed by atoms with van der Waals surface area (Å²) in [6.45, 7) is 0. The first kappa shape index (κ1) is 21.5. The van der Waals surface area contributed by atoms with Gasteiger partial charge < -0.3 is 14.8 Å². The van der Waals surface area contributed by atoms with Gasteiger partial charge in [0.05, 0.1) is 31.1 Å². The van der Waals surface area contributed by atoms with E-state index in [1.807, 2.05) is 0 Å². The fourth-order valence-corrected chi connectivity index (χ4v) is 2.71. The number of pyridine rings is 1. The van der Waals surface area contributed by atoms with E-state index in [1.165, 1.54) is 49.8 Å². The Hall–Kier alpha value is -3.82. The van der Waals surface area contributed by atoms with Gasteiger partial charge >= 0.3 is 11.9 Å². The van der Waals surface area contributed by atoms with Gasteiger partial charge in [-0.25, -0.2) is 4.79 Å². The summed E-state index contributed by atoms with van der Waals surface area (Å²) in [5, 5.41) is 13.4. The Kier molecular flexibility index (Phi) is 7.35. The van der Waals surface area contributed by atoms with Crippen molar-refractivity contribution < 1.29 is 28.8 Å². The van der Waals surface area contributed by atoms with E-state index >= 15 is 0 Å². The molecule has 0 unspecified atom stereocenters. The predicted octanol–water partition coefficient (Wildman–Crippen LogP) is 1.61. The second-order valence-electron chi connectivity index (χ2n) is 5.95. The van der Waals surface area contributed by atoms with Gasteiger partial charge in [-0.1, -0.05) is 12.1 Å². The van der Waals surface area contributed by atoms with Crippen LogP contribution in [0.15, 0.2) is 48.8 Å². The number of carbonyl (C=O) groups is 3. The van der Waals surface area contributed by atoms with Gasteiger partial charge in [-0.15, -0.1) is 0 Å². The number of nitro benzene ring substituents is 1. The number of benzene rings is 1. The van der Waals surface area contributed by atoms with Crippen LogP contribution < -0.4 is 5.32 Å². The molecule has 1 aromatic heterocycles. The molecule has 1 heterocycles. The average Bonchev–Trinajstić information content (AvgIpc) is 2.75. The van der Waals surface area contributed by atoms with Gasteiger partial charge in [0, 0.05) is 30.4 Å². The highest BCUT2D eigenvalue weighted by Crippen LogP contribution is 2.27. The van der Waals surface area contributed by atoms with Gasteiger partial charge in [0.2, 0.25) is 0 Å². The quantitative estimate of drug-likeness (QED) is 0.400. The highest BCUT2D eigenvalue weighted by Gasteiger charge is 2.34. The molecule has 0 bridgehead atoms. The van der Waals surface area contributed by atoms with Crippen LogP contribution in [0.25, 0.3) is 0 Å². The summed E-state index contributed by atoms with van der Waals surface area (Å²) in [6, 6.07) is 7.15. The molecule has 0 fully saturated rings. The predicted molar refractivity (Wildman–Crippen MR) is 100.0 cm³/mol. The molecule has 0 aliphatic carbocycles. The summed E-state index contributed by atoms with van der Waals surface area (Å²) < 4.78 is 9.49. The second-order valence-corrected chi connectivity index (χ2v) is 5.95. The number of ether oxygens (including phenoxy) is 2. The SMILES string of the molecule is COC(=O)C[C@@H](c1ccc([N+](=O)[O-])cc1)[C@@H](NC(=O)c1cccnc1)C(=O)OC. The van der Waals surface area contributed by atoms with Crippen molar-refractivity contribution >= 4 is 23.5 Å². The van der Waals surface area contributed by atoms with Crippen LogP contribution in [-0.2, 0) is 19.1 Å². The minimum atomic E-state index is -1.24. The average molecular weight is 401 g/mol. The number of nitrogens with one attached hydrogen (secondary N) is 1. The van der Waals surface area contributed by atoms with Crippen LogP contribution in [0.4, 0.5) is 5.69 Å². The second kappa shape index (κ2) is 9.93. The van der Waals surface area contributed by atoms with Crippen LogP contribution in [-0.4, -0.2) is 48.0 Å². The van der Waals surface area contributed by atoms with Crippen molar-refractivity contribution in [2.45, 2.75) is 18.4 Å². The van der Waals surface area contributed by atoms with Gasteiger partial charge in [0.15, 0.2) is 0 Å². The van der Waals surface area contributed by atoms with Crippen molar-refractivity contribution in [2.24, 2.45) is 0 Å². The normalized spacial score (nSPS) is 12.3. The number of methoxy groups -OCH3 is 2. The largest absolute Gasteiger partial charge is 0.469 e. The highest BCUT2D eigenvalue weighted by molar-refractivity contribution is 5.97. The molecule has 2 atom stereocenters. The van der Waals surface area contributed by atoms with E-state index in [4.69, 9.17) is 9.47 Å². The summed E-state index contributed by atoms with van der Waals surface area (Å²) in [5.41, 5.74) is 0.476. The fourth-order valence-electron chi connectivity index (χ4n) is 2.71. The van der Waals surface area contributed by atoms with Gasteiger partial charge in [-0.3, -0.25) is 24.7 Å². The molecule has 29 heavy (non-hydrogen) atoms. The summed E-state index contributed by atoms with van der Waals surface area (Å²) in [7, 11) is 2.34. The standard InChI is InChI=1S/C19H19N3O7/c1-28-16(23)10-15(12-5-7-14(8-6-12)22(26)27)17(19(25)29-2)21-18(24)13-4-3-9-20-11-13/h3-9,11,15,17H,10H2,1-2H3,(H,21,24)/t15-,17+/m0/s1. The summed E-state index contributed by atoms with van der Waals surface area (Å²) in [6.07, 6.45) is 2.55. The number of amides is 1. The molecule has 2 rings (SSSR count). The van der Waals surface area contributed by atoms with Gasteiger partial charge in [0.1, 0.15) is 6.04 Å². The van der Waals surface area contributed by atoms with Gasteiger partial charge in [-0.2, -0.15) is 0 Å². The maximum atomic E-state index is 12.5. The zero-order chi connectivity index (χ0) is 21.4. The minimum Gasteiger partial charge on any atom is -0.469 e. The van der Waals surface area contributed by atoms with Crippen LogP contribution in [0.1, 0.15) is 28.3 Å². The first-order valence-electron chi connectivity index (χ1n) is 8.47. The van der Waals surface area contributed by atoms with E-state index in [-0.39, 0.29) is 17.7 Å². The maximum Gasteiger partial charge on any atom is 0.329 e. The lowest BCUT2D eigenvalue weighted by Crippen LogP contribution is -2.46. The minimum absolute atomic E-state index is 0.153. The zero-order valence-corrected chi connectivity index (χ0v) is 15.7. The third kappa shape index (κ3) is 5.58. The highest BCUT2D eigenvalue weighted by atomic mass is 16.6. The number of hydrogen-bond donors (Lipinski definition) is 1. The molecule has 1 aromatic carbocycles. The van der Waals surface area contributed by atoms with E-state index in [0.29, 0.717) is 5.56 Å². The Morgan fingerprint density at radius 2 is 1.83 bits per heavy atom. The summed E-state index contributed by atoms with van der Waals surface area (Å²) in [4.78, 5) is 51.1. The van der Waals surface area contributed by atoms with E-state index in [1.54, 1.807) is 6.07 Å². The van der Waals surface area contributed by atoms with E-state index in [9.17, 15) is 24.5 Å². The molecule has 1 N–H and O–H groups in total. The molecule has 0 spiro atoms. The lowest BCUT2D eigenvalue weighted by atomic mass is 9.88. The van der Waals surface area contributed by atoms with Crippen molar-refractivity contribution in [3.63, 3.8) is 0 Å². The molecule has 0 radical (unpaired) electrons. The third-order valence-corrected chi connectivity index (χ3v) is 4.21. The van der Waals surface area contributed by atoms with Crippen LogP contribution in [0.5, 0.6) is 0 Å². The molecule has 10 heteroatoms. The molecule has 1 amide bonds. The number of nitrogens with zero attached hydrogens (tertiary/aromatic N) is 2. The molecule has 0 saturated heterocycles. The topological polar surface area (TPSA) is 138 Å². The smallest absolute Gasteiger partial charge is 0.329 e. The van der Waals surface area contributed by atoms with Crippen LogP contribution >= 0.6 is 0 Å². The molecule has 152 valence electrons. The van der Waals surface area contributed by atoms with E-state index < -0.39 is 34.7 Å². The number of non-ortho nitro benzene ring substituents is 1. The van der Waals surface area contributed by atoms with Crippen molar-refractivity contribution in [2.75, 3.05) is 14.2 Å². The Balaban J connectivity index is 2.40. The van der Waals surface area contributed by atoms with Crippen molar-refractivity contribution in [3.8, 4) is 0 Å². The Labute approximate surface area is 166 Å². The first-order chi connectivity index (χ1) is 13.9. The number of aromatic nitrogens is 1. The Bertz CT molecular complexity index is 884. The van der Waals surface area contributed by atoms with E-state index in [2.05, 4.69) is 10.3 Å². The number of nitro groups is 1. The maximum absolute atomic E-state index is 12.5. The molecule has 2 aromatic rings. The summed E-state index contributed by atoms with van der Waals surface area (Å²) >= 11 is 0. The number of esters is 2. The monoisotopic (exact) mass is 401 g/mol. The Morgan fingerprint density at radius 3 is 2.34 bits per heavy atom. The molecule has 0 aliphatic heterocycles.